The third-order valence-corrected chi connectivity index (χ3v) is 3.18. The van der Waals surface area contributed by atoms with E-state index in [1.165, 1.54) is 12.8 Å². The average molecular weight is 264 g/mol. The van der Waals surface area contributed by atoms with Crippen LogP contribution in [0.4, 0.5) is 0 Å². The molecule has 0 bridgehead atoms. The van der Waals surface area contributed by atoms with Crippen molar-refractivity contribution in [2.45, 2.75) is 66.2 Å². The summed E-state index contributed by atoms with van der Waals surface area (Å²) in [4.78, 5) is 9.22. The lowest BCUT2D eigenvalue weighted by atomic mass is 9.90. The zero-order chi connectivity index (χ0) is 14.5. The van der Waals surface area contributed by atoms with Crippen molar-refractivity contribution in [3.05, 3.63) is 17.6 Å². The molecule has 1 aromatic heterocycles. The van der Waals surface area contributed by atoms with Gasteiger partial charge in [0.05, 0.1) is 12.8 Å². The number of ether oxygens (including phenoxy) is 1. The fourth-order valence-corrected chi connectivity index (χ4v) is 2.18. The molecular weight excluding hydrogens is 236 g/mol. The quantitative estimate of drug-likeness (QED) is 0.765. The maximum Gasteiger partial charge on any atom is 0.235 e. The third kappa shape index (κ3) is 5.17. The van der Waals surface area contributed by atoms with Gasteiger partial charge < -0.3 is 4.74 Å². The number of rotatable bonds is 6. The largest absolute Gasteiger partial charge is 0.480 e. The van der Waals surface area contributed by atoms with E-state index in [0.29, 0.717) is 11.8 Å². The van der Waals surface area contributed by atoms with E-state index in [9.17, 15) is 0 Å². The van der Waals surface area contributed by atoms with Crippen molar-refractivity contribution in [2.75, 3.05) is 7.11 Å². The van der Waals surface area contributed by atoms with E-state index in [1.807, 2.05) is 6.20 Å². The van der Waals surface area contributed by atoms with Crippen LogP contribution in [0.5, 0.6) is 5.88 Å². The van der Waals surface area contributed by atoms with E-state index >= 15 is 0 Å². The van der Waals surface area contributed by atoms with E-state index in [0.717, 1.165) is 24.2 Å². The minimum atomic E-state index is 0.217. The predicted molar refractivity (Wildman–Crippen MR) is 79.7 cm³/mol. The molecule has 0 aliphatic rings. The number of hydrogen-bond acceptors (Lipinski definition) is 3. The Kier molecular flexibility index (Phi) is 5.77. The summed E-state index contributed by atoms with van der Waals surface area (Å²) in [6.07, 6.45) is 6.39. The summed E-state index contributed by atoms with van der Waals surface area (Å²) in [5, 5.41) is 0. The van der Waals surface area contributed by atoms with Crippen LogP contribution in [0.1, 0.15) is 71.2 Å². The molecule has 3 heteroatoms. The fraction of sp³-hybridized carbons (Fsp3) is 0.750. The summed E-state index contributed by atoms with van der Waals surface area (Å²) in [5.41, 5.74) is 2.22. The van der Waals surface area contributed by atoms with Crippen molar-refractivity contribution < 1.29 is 4.74 Å². The Morgan fingerprint density at radius 2 is 2.00 bits per heavy atom. The Hall–Kier alpha value is -1.12. The molecule has 1 rings (SSSR count). The van der Waals surface area contributed by atoms with Gasteiger partial charge in [-0.3, -0.25) is 4.98 Å². The predicted octanol–water partition coefficient (Wildman–Crippen LogP) is 4.37. The molecule has 0 aromatic carbocycles. The van der Waals surface area contributed by atoms with Crippen molar-refractivity contribution >= 4 is 0 Å². The first-order valence-electron chi connectivity index (χ1n) is 7.27. The van der Waals surface area contributed by atoms with E-state index in [1.54, 1.807) is 7.11 Å². The molecule has 0 saturated heterocycles. The molecular formula is C16H28N2O. The normalized spacial score (nSPS) is 13.4. The topological polar surface area (TPSA) is 35.0 Å². The number of hydrogen-bond donors (Lipinski definition) is 0. The van der Waals surface area contributed by atoms with Gasteiger partial charge in [0.25, 0.3) is 0 Å². The van der Waals surface area contributed by atoms with Gasteiger partial charge in [-0.05, 0) is 18.3 Å². The van der Waals surface area contributed by atoms with Crippen LogP contribution in [0.15, 0.2) is 6.20 Å². The highest BCUT2D eigenvalue weighted by atomic mass is 16.5. The molecule has 1 aromatic rings. The van der Waals surface area contributed by atoms with Gasteiger partial charge in [0, 0.05) is 12.1 Å². The molecule has 0 radical (unpaired) electrons. The Balaban J connectivity index is 2.90. The van der Waals surface area contributed by atoms with Crippen molar-refractivity contribution in [1.29, 1.82) is 0 Å². The first kappa shape index (κ1) is 15.9. The molecule has 1 heterocycles. The number of unbranched alkanes of at least 4 members (excludes halogenated alkanes) is 1. The van der Waals surface area contributed by atoms with Gasteiger partial charge in [-0.15, -0.1) is 0 Å². The second-order valence-electron chi connectivity index (χ2n) is 6.54. The molecule has 19 heavy (non-hydrogen) atoms. The van der Waals surface area contributed by atoms with Gasteiger partial charge in [-0.25, -0.2) is 4.98 Å². The van der Waals surface area contributed by atoms with Crippen molar-refractivity contribution in [3.8, 4) is 5.88 Å². The van der Waals surface area contributed by atoms with Gasteiger partial charge in [-0.1, -0.05) is 47.5 Å². The lowest BCUT2D eigenvalue weighted by Crippen LogP contribution is -2.12. The molecule has 0 saturated carbocycles. The van der Waals surface area contributed by atoms with E-state index in [4.69, 9.17) is 4.74 Å². The van der Waals surface area contributed by atoms with E-state index in [2.05, 4.69) is 44.6 Å². The smallest absolute Gasteiger partial charge is 0.235 e. The molecule has 0 spiro atoms. The highest BCUT2D eigenvalue weighted by molar-refractivity contribution is 5.24. The van der Waals surface area contributed by atoms with Crippen molar-refractivity contribution in [2.24, 2.45) is 5.41 Å². The monoisotopic (exact) mass is 264 g/mol. The van der Waals surface area contributed by atoms with Crippen LogP contribution in [-0.4, -0.2) is 17.1 Å². The first-order valence-corrected chi connectivity index (χ1v) is 7.27. The minimum Gasteiger partial charge on any atom is -0.480 e. The zero-order valence-corrected chi connectivity index (χ0v) is 13.3. The van der Waals surface area contributed by atoms with Gasteiger partial charge in [0.2, 0.25) is 5.88 Å². The Labute approximate surface area is 117 Å². The molecule has 1 atom stereocenters. The molecule has 108 valence electrons. The highest BCUT2D eigenvalue weighted by Crippen LogP contribution is 2.28. The van der Waals surface area contributed by atoms with Crippen LogP contribution in [0.3, 0.4) is 0 Å². The molecule has 0 fully saturated rings. The van der Waals surface area contributed by atoms with Crippen LogP contribution >= 0.6 is 0 Å². The van der Waals surface area contributed by atoms with Crippen molar-refractivity contribution in [1.82, 2.24) is 9.97 Å². The average Bonchev–Trinajstić information content (AvgIpc) is 2.33. The van der Waals surface area contributed by atoms with Crippen molar-refractivity contribution in [3.63, 3.8) is 0 Å². The lowest BCUT2D eigenvalue weighted by Gasteiger charge is -2.19. The first-order chi connectivity index (χ1) is 8.87. The summed E-state index contributed by atoms with van der Waals surface area (Å²) in [7, 11) is 1.68. The van der Waals surface area contributed by atoms with Crippen LogP contribution in [0.2, 0.25) is 0 Å². The number of aromatic nitrogens is 2. The zero-order valence-electron chi connectivity index (χ0n) is 13.3. The molecule has 0 amide bonds. The summed E-state index contributed by atoms with van der Waals surface area (Å²) < 4.78 is 5.43. The molecule has 3 nitrogen and oxygen atoms in total. The van der Waals surface area contributed by atoms with Crippen LogP contribution in [0.25, 0.3) is 0 Å². The molecule has 1 unspecified atom stereocenters. The molecule has 0 N–H and O–H groups in total. The summed E-state index contributed by atoms with van der Waals surface area (Å²) in [6, 6.07) is 0. The second kappa shape index (κ2) is 6.88. The van der Waals surface area contributed by atoms with Gasteiger partial charge in [0.15, 0.2) is 0 Å². The maximum atomic E-state index is 5.43. The SMILES string of the molecule is CCCCC(C)c1ncc(CC(C)(C)C)nc1OC. The highest BCUT2D eigenvalue weighted by Gasteiger charge is 2.18. The van der Waals surface area contributed by atoms with Crippen LogP contribution < -0.4 is 4.74 Å². The molecule has 0 aliphatic heterocycles. The number of nitrogens with zero attached hydrogens (tertiary/aromatic N) is 2. The Bertz CT molecular complexity index is 396. The van der Waals surface area contributed by atoms with Gasteiger partial charge in [-0.2, -0.15) is 0 Å². The summed E-state index contributed by atoms with van der Waals surface area (Å²) in [6.45, 7) is 11.0. The summed E-state index contributed by atoms with van der Waals surface area (Å²) in [5.74, 6) is 1.11. The molecule has 0 aliphatic carbocycles. The third-order valence-electron chi connectivity index (χ3n) is 3.18. The minimum absolute atomic E-state index is 0.217. The van der Waals surface area contributed by atoms with Crippen LogP contribution in [-0.2, 0) is 6.42 Å². The second-order valence-corrected chi connectivity index (χ2v) is 6.54. The Morgan fingerprint density at radius 1 is 1.32 bits per heavy atom. The fourth-order valence-electron chi connectivity index (χ4n) is 2.18. The van der Waals surface area contributed by atoms with Gasteiger partial charge >= 0.3 is 0 Å². The Morgan fingerprint density at radius 3 is 2.53 bits per heavy atom. The standard InChI is InChI=1S/C16H28N2O/c1-7-8-9-12(2)14-15(19-6)18-13(11-17-14)10-16(3,4)5/h11-12H,7-10H2,1-6H3. The number of methoxy groups -OCH3 is 1. The maximum absolute atomic E-state index is 5.43. The lowest BCUT2D eigenvalue weighted by molar-refractivity contribution is 0.370. The van der Waals surface area contributed by atoms with Crippen LogP contribution in [0, 0.1) is 5.41 Å². The van der Waals surface area contributed by atoms with Gasteiger partial charge in [0.1, 0.15) is 5.69 Å². The summed E-state index contributed by atoms with van der Waals surface area (Å²) >= 11 is 0. The van der Waals surface area contributed by atoms with E-state index in [-0.39, 0.29) is 5.41 Å². The van der Waals surface area contributed by atoms with E-state index < -0.39 is 0 Å².